The summed E-state index contributed by atoms with van der Waals surface area (Å²) in [6.07, 6.45) is 0.419. The van der Waals surface area contributed by atoms with Gasteiger partial charge in [-0.1, -0.05) is 48.0 Å². The Bertz CT molecular complexity index is 557. The van der Waals surface area contributed by atoms with Crippen LogP contribution in [-0.2, 0) is 11.2 Å². The molecule has 2 aromatic rings. The Balaban J connectivity index is 2.11. The van der Waals surface area contributed by atoms with Gasteiger partial charge in [0.2, 0.25) is 0 Å². The van der Waals surface area contributed by atoms with Gasteiger partial charge in [-0.2, -0.15) is 0 Å². The SMILES string of the molecule is O=C(O)C(Cc1ccccc1)Nc1cccc(Cl)c1. The summed E-state index contributed by atoms with van der Waals surface area (Å²) in [5, 5.41) is 12.8. The fourth-order valence-corrected chi connectivity index (χ4v) is 2.02. The molecule has 2 aromatic carbocycles. The van der Waals surface area contributed by atoms with E-state index in [1.807, 2.05) is 30.3 Å². The molecule has 0 heterocycles. The Morgan fingerprint density at radius 2 is 1.89 bits per heavy atom. The second kappa shape index (κ2) is 6.25. The number of rotatable bonds is 5. The van der Waals surface area contributed by atoms with Crippen LogP contribution in [0.25, 0.3) is 0 Å². The maximum absolute atomic E-state index is 11.3. The predicted octanol–water partition coefficient (Wildman–Crippen LogP) is 3.45. The molecule has 0 radical (unpaired) electrons. The molecule has 0 amide bonds. The van der Waals surface area contributed by atoms with E-state index in [0.717, 1.165) is 5.56 Å². The van der Waals surface area contributed by atoms with E-state index in [1.165, 1.54) is 0 Å². The number of aliphatic carboxylic acids is 1. The first-order chi connectivity index (χ1) is 9.15. The zero-order valence-corrected chi connectivity index (χ0v) is 11.0. The highest BCUT2D eigenvalue weighted by atomic mass is 35.5. The Hall–Kier alpha value is -2.00. The fourth-order valence-electron chi connectivity index (χ4n) is 1.83. The maximum Gasteiger partial charge on any atom is 0.326 e. The number of carbonyl (C=O) groups is 1. The molecule has 0 saturated carbocycles. The van der Waals surface area contributed by atoms with Crippen LogP contribution in [0.4, 0.5) is 5.69 Å². The number of anilines is 1. The number of hydrogen-bond acceptors (Lipinski definition) is 2. The van der Waals surface area contributed by atoms with Crippen LogP contribution in [0.15, 0.2) is 54.6 Å². The summed E-state index contributed by atoms with van der Waals surface area (Å²) < 4.78 is 0. The molecule has 2 N–H and O–H groups in total. The van der Waals surface area contributed by atoms with Crippen molar-refractivity contribution in [2.24, 2.45) is 0 Å². The summed E-state index contributed by atoms with van der Waals surface area (Å²) >= 11 is 5.88. The number of benzene rings is 2. The highest BCUT2D eigenvalue weighted by Crippen LogP contribution is 2.17. The molecule has 0 bridgehead atoms. The lowest BCUT2D eigenvalue weighted by molar-refractivity contribution is -0.137. The minimum Gasteiger partial charge on any atom is -0.480 e. The van der Waals surface area contributed by atoms with Crippen LogP contribution < -0.4 is 5.32 Å². The van der Waals surface area contributed by atoms with Gasteiger partial charge in [-0.05, 0) is 23.8 Å². The van der Waals surface area contributed by atoms with Crippen LogP contribution in [0, 0.1) is 0 Å². The molecule has 0 saturated heterocycles. The standard InChI is InChI=1S/C15H14ClNO2/c16-12-7-4-8-13(10-12)17-14(15(18)19)9-11-5-2-1-3-6-11/h1-8,10,14,17H,9H2,(H,18,19). The summed E-state index contributed by atoms with van der Waals surface area (Å²) in [5.41, 5.74) is 1.68. The summed E-state index contributed by atoms with van der Waals surface area (Å²) in [6, 6.07) is 15.9. The van der Waals surface area contributed by atoms with Crippen LogP contribution in [0.3, 0.4) is 0 Å². The van der Waals surface area contributed by atoms with Crippen molar-refractivity contribution in [1.82, 2.24) is 0 Å². The van der Waals surface area contributed by atoms with Crippen molar-refractivity contribution in [1.29, 1.82) is 0 Å². The Morgan fingerprint density at radius 3 is 2.53 bits per heavy atom. The van der Waals surface area contributed by atoms with E-state index in [2.05, 4.69) is 5.32 Å². The summed E-state index contributed by atoms with van der Waals surface area (Å²) in [4.78, 5) is 11.3. The van der Waals surface area contributed by atoms with Gasteiger partial charge in [0.25, 0.3) is 0 Å². The average molecular weight is 276 g/mol. The topological polar surface area (TPSA) is 49.3 Å². The molecule has 0 spiro atoms. The zero-order chi connectivity index (χ0) is 13.7. The van der Waals surface area contributed by atoms with Crippen molar-refractivity contribution in [2.75, 3.05) is 5.32 Å². The van der Waals surface area contributed by atoms with Gasteiger partial charge in [-0.25, -0.2) is 4.79 Å². The van der Waals surface area contributed by atoms with Gasteiger partial charge in [-0.15, -0.1) is 0 Å². The summed E-state index contributed by atoms with van der Waals surface area (Å²) in [6.45, 7) is 0. The number of nitrogens with one attached hydrogen (secondary N) is 1. The third-order valence-electron chi connectivity index (χ3n) is 2.75. The number of carboxylic acids is 1. The predicted molar refractivity (Wildman–Crippen MR) is 76.6 cm³/mol. The molecule has 1 atom stereocenters. The van der Waals surface area contributed by atoms with Crippen LogP contribution in [0.1, 0.15) is 5.56 Å². The van der Waals surface area contributed by atoms with Gasteiger partial charge < -0.3 is 10.4 Å². The largest absolute Gasteiger partial charge is 0.480 e. The number of carboxylic acid groups (broad SMARTS) is 1. The van der Waals surface area contributed by atoms with Crippen LogP contribution in [-0.4, -0.2) is 17.1 Å². The quantitative estimate of drug-likeness (QED) is 0.879. The second-order valence-electron chi connectivity index (χ2n) is 4.24. The molecular weight excluding hydrogens is 262 g/mol. The summed E-state index contributed by atoms with van der Waals surface area (Å²) in [7, 11) is 0. The molecule has 0 aliphatic carbocycles. The Morgan fingerprint density at radius 1 is 1.16 bits per heavy atom. The highest BCUT2D eigenvalue weighted by molar-refractivity contribution is 6.30. The van der Waals surface area contributed by atoms with Crippen molar-refractivity contribution in [3.8, 4) is 0 Å². The van der Waals surface area contributed by atoms with E-state index in [4.69, 9.17) is 11.6 Å². The van der Waals surface area contributed by atoms with Crippen molar-refractivity contribution < 1.29 is 9.90 Å². The number of halogens is 1. The van der Waals surface area contributed by atoms with E-state index >= 15 is 0 Å². The fraction of sp³-hybridized carbons (Fsp3) is 0.133. The van der Waals surface area contributed by atoms with Gasteiger partial charge in [0, 0.05) is 17.1 Å². The molecule has 0 aliphatic heterocycles. The van der Waals surface area contributed by atoms with E-state index in [0.29, 0.717) is 17.1 Å². The molecule has 19 heavy (non-hydrogen) atoms. The van der Waals surface area contributed by atoms with Crippen molar-refractivity contribution in [3.63, 3.8) is 0 Å². The van der Waals surface area contributed by atoms with Gasteiger partial charge >= 0.3 is 5.97 Å². The maximum atomic E-state index is 11.3. The molecule has 1 unspecified atom stereocenters. The molecule has 3 nitrogen and oxygen atoms in total. The molecule has 0 aromatic heterocycles. The third-order valence-corrected chi connectivity index (χ3v) is 2.98. The molecule has 4 heteroatoms. The van der Waals surface area contributed by atoms with E-state index in [-0.39, 0.29) is 0 Å². The minimum atomic E-state index is -0.885. The highest BCUT2D eigenvalue weighted by Gasteiger charge is 2.17. The molecule has 0 fully saturated rings. The number of hydrogen-bond donors (Lipinski definition) is 2. The van der Waals surface area contributed by atoms with Gasteiger partial charge in [-0.3, -0.25) is 0 Å². The van der Waals surface area contributed by atoms with E-state index in [9.17, 15) is 9.90 Å². The van der Waals surface area contributed by atoms with Crippen molar-refractivity contribution in [3.05, 3.63) is 65.2 Å². The lowest BCUT2D eigenvalue weighted by Gasteiger charge is -2.16. The van der Waals surface area contributed by atoms with Crippen molar-refractivity contribution in [2.45, 2.75) is 12.5 Å². The summed E-state index contributed by atoms with van der Waals surface area (Å²) in [5.74, 6) is -0.885. The first-order valence-electron chi connectivity index (χ1n) is 5.94. The van der Waals surface area contributed by atoms with E-state index in [1.54, 1.807) is 24.3 Å². The lowest BCUT2D eigenvalue weighted by Crippen LogP contribution is -2.31. The monoisotopic (exact) mass is 275 g/mol. The van der Waals surface area contributed by atoms with Gasteiger partial charge in [0.1, 0.15) is 6.04 Å². The molecule has 0 aliphatic rings. The van der Waals surface area contributed by atoms with Crippen LogP contribution >= 0.6 is 11.6 Å². The molecule has 2 rings (SSSR count). The van der Waals surface area contributed by atoms with E-state index < -0.39 is 12.0 Å². The normalized spacial score (nSPS) is 11.8. The van der Waals surface area contributed by atoms with Gasteiger partial charge in [0.15, 0.2) is 0 Å². The molecule has 98 valence electrons. The lowest BCUT2D eigenvalue weighted by atomic mass is 10.1. The Labute approximate surface area is 116 Å². The van der Waals surface area contributed by atoms with Crippen LogP contribution in [0.2, 0.25) is 5.02 Å². The zero-order valence-electron chi connectivity index (χ0n) is 10.2. The first-order valence-corrected chi connectivity index (χ1v) is 6.32. The van der Waals surface area contributed by atoms with Crippen LogP contribution in [0.5, 0.6) is 0 Å². The minimum absolute atomic E-state index is 0.419. The van der Waals surface area contributed by atoms with Gasteiger partial charge in [0.05, 0.1) is 0 Å². The van der Waals surface area contributed by atoms with Crippen molar-refractivity contribution >= 4 is 23.3 Å². The smallest absolute Gasteiger partial charge is 0.326 e. The average Bonchev–Trinajstić information content (AvgIpc) is 2.39. The Kier molecular flexibility index (Phi) is 4.42. The third kappa shape index (κ3) is 4.00. The second-order valence-corrected chi connectivity index (χ2v) is 4.67. The first kappa shape index (κ1) is 13.4. The molecular formula is C15H14ClNO2.